The van der Waals surface area contributed by atoms with Crippen LogP contribution in [0.5, 0.6) is 0 Å². The number of nitrogens with zero attached hydrogens (tertiary/aromatic N) is 6. The molecule has 2 N–H and O–H groups in total. The lowest BCUT2D eigenvalue weighted by molar-refractivity contribution is 0.104. The van der Waals surface area contributed by atoms with Crippen LogP contribution in [-0.4, -0.2) is 50.2 Å². The molecule has 1 aliphatic carbocycles. The number of rotatable bonds is 4. The number of carbonyl (C=O) groups excluding carboxylic acids is 1. The number of piperidine rings is 1. The third-order valence-electron chi connectivity index (χ3n) is 6.12. The monoisotopic (exact) mass is 381 g/mol. The molecule has 1 amide bonds. The number of hydrogen-bond donors (Lipinski definition) is 1. The normalized spacial score (nSPS) is 24.0. The molecule has 0 spiro atoms. The molecule has 2 aliphatic rings. The van der Waals surface area contributed by atoms with Gasteiger partial charge in [-0.25, -0.2) is 14.3 Å². The number of carbonyl (C=O) groups is 1. The van der Waals surface area contributed by atoms with Gasteiger partial charge in [-0.1, -0.05) is 0 Å². The molecule has 1 saturated heterocycles. The molecule has 0 aromatic carbocycles. The quantitative estimate of drug-likeness (QED) is 0.738. The second kappa shape index (κ2) is 6.50. The summed E-state index contributed by atoms with van der Waals surface area (Å²) in [4.78, 5) is 18.4. The van der Waals surface area contributed by atoms with Gasteiger partial charge in [0.25, 0.3) is 0 Å². The number of ether oxygens (including phenoxy) is 1. The van der Waals surface area contributed by atoms with Crippen LogP contribution < -0.4 is 10.6 Å². The standard InChI is InChI=1S/C19H23N7O2/c1-24-7-14(6-22-24)16-10-26-17(4-5-21-26)18(23-16)25-8-12-2-3-13(9-25)15(12)11-28-19(20)27/h4-7,10,12-13,15H,2-3,8-9,11H2,1H3,(H2,20,27). The molecular weight excluding hydrogens is 358 g/mol. The Morgan fingerprint density at radius 2 is 2.04 bits per heavy atom. The van der Waals surface area contributed by atoms with Gasteiger partial charge in [-0.2, -0.15) is 10.2 Å². The van der Waals surface area contributed by atoms with Gasteiger partial charge in [-0.05, 0) is 30.7 Å². The molecule has 5 rings (SSSR count). The Kier molecular flexibility index (Phi) is 3.96. The summed E-state index contributed by atoms with van der Waals surface area (Å²) in [5, 5.41) is 8.70. The number of aryl methyl sites for hydroxylation is 1. The summed E-state index contributed by atoms with van der Waals surface area (Å²) < 4.78 is 8.78. The third-order valence-corrected chi connectivity index (χ3v) is 6.12. The highest BCUT2D eigenvalue weighted by molar-refractivity contribution is 5.73. The van der Waals surface area contributed by atoms with Crippen LogP contribution in [0, 0.1) is 17.8 Å². The lowest BCUT2D eigenvalue weighted by atomic mass is 9.85. The highest BCUT2D eigenvalue weighted by atomic mass is 16.5. The van der Waals surface area contributed by atoms with E-state index >= 15 is 0 Å². The number of primary amides is 1. The molecule has 0 radical (unpaired) electrons. The van der Waals surface area contributed by atoms with Crippen LogP contribution >= 0.6 is 0 Å². The molecule has 1 aliphatic heterocycles. The van der Waals surface area contributed by atoms with E-state index in [-0.39, 0.29) is 0 Å². The Hall–Kier alpha value is -3.10. The molecule has 146 valence electrons. The summed E-state index contributed by atoms with van der Waals surface area (Å²) in [6.45, 7) is 2.21. The fourth-order valence-corrected chi connectivity index (χ4v) is 4.79. The van der Waals surface area contributed by atoms with E-state index in [2.05, 4.69) is 15.1 Å². The second-order valence-electron chi connectivity index (χ2n) is 7.81. The maximum absolute atomic E-state index is 11.0. The van der Waals surface area contributed by atoms with Crippen LogP contribution in [0.15, 0.2) is 30.9 Å². The van der Waals surface area contributed by atoms with Crippen molar-refractivity contribution in [2.24, 2.45) is 30.5 Å². The average Bonchev–Trinajstić information content (AvgIpc) is 3.37. The maximum Gasteiger partial charge on any atom is 0.404 e. The van der Waals surface area contributed by atoms with Gasteiger partial charge in [0.1, 0.15) is 5.52 Å². The molecule has 3 aromatic heterocycles. The first-order valence-electron chi connectivity index (χ1n) is 9.59. The Bertz CT molecular complexity index is 1010. The van der Waals surface area contributed by atoms with Crippen molar-refractivity contribution in [2.45, 2.75) is 12.8 Å². The zero-order valence-corrected chi connectivity index (χ0v) is 15.7. The van der Waals surface area contributed by atoms with Crippen molar-refractivity contribution < 1.29 is 9.53 Å². The van der Waals surface area contributed by atoms with E-state index in [4.69, 9.17) is 15.5 Å². The van der Waals surface area contributed by atoms with Crippen LogP contribution in [0.4, 0.5) is 10.6 Å². The number of anilines is 1. The minimum absolute atomic E-state index is 0.381. The molecule has 2 atom stereocenters. The Morgan fingerprint density at radius 3 is 2.71 bits per heavy atom. The summed E-state index contributed by atoms with van der Waals surface area (Å²) in [7, 11) is 1.90. The van der Waals surface area contributed by atoms with E-state index in [1.807, 2.05) is 36.2 Å². The molecule has 2 fully saturated rings. The number of nitrogens with two attached hydrogens (primary N) is 1. The van der Waals surface area contributed by atoms with Crippen molar-refractivity contribution in [1.82, 2.24) is 24.4 Å². The average molecular weight is 381 g/mol. The number of hydrogen-bond acceptors (Lipinski definition) is 6. The molecule has 3 aromatic rings. The number of fused-ring (bicyclic) bond motifs is 3. The second-order valence-corrected chi connectivity index (χ2v) is 7.81. The largest absolute Gasteiger partial charge is 0.449 e. The summed E-state index contributed by atoms with van der Waals surface area (Å²) in [6, 6.07) is 2.00. The van der Waals surface area contributed by atoms with Crippen molar-refractivity contribution in [3.8, 4) is 11.3 Å². The van der Waals surface area contributed by atoms with Crippen molar-refractivity contribution in [1.29, 1.82) is 0 Å². The number of amides is 1. The fourth-order valence-electron chi connectivity index (χ4n) is 4.79. The van der Waals surface area contributed by atoms with Crippen molar-refractivity contribution in [3.63, 3.8) is 0 Å². The SMILES string of the molecule is Cn1cc(-c2cn3nccc3c(N3CC4CCC(C3)C4COC(N)=O)n2)cn1. The van der Waals surface area contributed by atoms with Crippen LogP contribution in [0.1, 0.15) is 12.8 Å². The highest BCUT2D eigenvalue weighted by Gasteiger charge is 2.43. The third kappa shape index (κ3) is 2.87. The summed E-state index contributed by atoms with van der Waals surface area (Å²) in [5.74, 6) is 2.28. The van der Waals surface area contributed by atoms with Gasteiger partial charge in [0.2, 0.25) is 0 Å². The van der Waals surface area contributed by atoms with E-state index in [1.54, 1.807) is 10.9 Å². The van der Waals surface area contributed by atoms with E-state index in [0.29, 0.717) is 24.4 Å². The summed E-state index contributed by atoms with van der Waals surface area (Å²) >= 11 is 0. The summed E-state index contributed by atoms with van der Waals surface area (Å²) in [6.07, 6.45) is 9.12. The first kappa shape index (κ1) is 17.0. The van der Waals surface area contributed by atoms with Gasteiger partial charge in [0, 0.05) is 37.8 Å². The van der Waals surface area contributed by atoms with Crippen LogP contribution in [-0.2, 0) is 11.8 Å². The minimum atomic E-state index is -0.686. The van der Waals surface area contributed by atoms with Crippen molar-refractivity contribution >= 4 is 17.4 Å². The van der Waals surface area contributed by atoms with Crippen LogP contribution in [0.25, 0.3) is 16.8 Å². The summed E-state index contributed by atoms with van der Waals surface area (Å²) in [5.41, 5.74) is 7.98. The number of aromatic nitrogens is 5. The van der Waals surface area contributed by atoms with E-state index < -0.39 is 6.09 Å². The van der Waals surface area contributed by atoms with Crippen LogP contribution in [0.2, 0.25) is 0 Å². The van der Waals surface area contributed by atoms with Gasteiger partial charge in [-0.15, -0.1) is 0 Å². The predicted octanol–water partition coefficient (Wildman–Crippen LogP) is 1.69. The van der Waals surface area contributed by atoms with Gasteiger partial charge in [-0.3, -0.25) is 4.68 Å². The molecule has 2 unspecified atom stereocenters. The first-order valence-corrected chi connectivity index (χ1v) is 9.59. The van der Waals surface area contributed by atoms with E-state index in [1.165, 1.54) is 0 Å². The van der Waals surface area contributed by atoms with E-state index in [0.717, 1.165) is 48.5 Å². The minimum Gasteiger partial charge on any atom is -0.449 e. The van der Waals surface area contributed by atoms with Crippen LogP contribution in [0.3, 0.4) is 0 Å². The molecule has 9 heteroatoms. The van der Waals surface area contributed by atoms with E-state index in [9.17, 15) is 4.79 Å². The molecule has 4 heterocycles. The smallest absolute Gasteiger partial charge is 0.404 e. The molecule has 9 nitrogen and oxygen atoms in total. The van der Waals surface area contributed by atoms with Crippen molar-refractivity contribution in [2.75, 3.05) is 24.6 Å². The molecular formula is C19H23N7O2. The molecule has 2 bridgehead atoms. The maximum atomic E-state index is 11.0. The highest BCUT2D eigenvalue weighted by Crippen LogP contribution is 2.43. The lowest BCUT2D eigenvalue weighted by Crippen LogP contribution is -2.44. The Morgan fingerprint density at radius 1 is 1.25 bits per heavy atom. The Balaban J connectivity index is 1.47. The van der Waals surface area contributed by atoms with Crippen molar-refractivity contribution in [3.05, 3.63) is 30.9 Å². The van der Waals surface area contributed by atoms with Gasteiger partial charge in [0.05, 0.1) is 30.9 Å². The van der Waals surface area contributed by atoms with Gasteiger partial charge in [0.15, 0.2) is 5.82 Å². The predicted molar refractivity (Wildman–Crippen MR) is 103 cm³/mol. The Labute approximate surface area is 162 Å². The zero-order valence-electron chi connectivity index (χ0n) is 15.7. The zero-order chi connectivity index (χ0) is 19.3. The topological polar surface area (TPSA) is 104 Å². The fraction of sp³-hybridized carbons (Fsp3) is 0.474. The molecule has 1 saturated carbocycles. The first-order chi connectivity index (χ1) is 13.6. The van der Waals surface area contributed by atoms with Gasteiger partial charge >= 0.3 is 6.09 Å². The lowest BCUT2D eigenvalue weighted by Gasteiger charge is -2.38. The molecule has 28 heavy (non-hydrogen) atoms. The van der Waals surface area contributed by atoms with Gasteiger partial charge < -0.3 is 15.4 Å².